The molecule has 4 rings (SSSR count). The number of pyridine rings is 1. The van der Waals surface area contributed by atoms with Crippen molar-refractivity contribution in [2.24, 2.45) is 7.05 Å². The molecule has 0 aliphatic carbocycles. The van der Waals surface area contributed by atoms with Crippen molar-refractivity contribution in [2.45, 2.75) is 13.5 Å². The van der Waals surface area contributed by atoms with Gasteiger partial charge >= 0.3 is 5.69 Å². The van der Waals surface area contributed by atoms with Gasteiger partial charge < -0.3 is 15.2 Å². The number of hydrogen-bond acceptors (Lipinski definition) is 6. The Labute approximate surface area is 179 Å². The van der Waals surface area contributed by atoms with E-state index in [1.807, 2.05) is 25.1 Å². The molecule has 1 aliphatic rings. The summed E-state index contributed by atoms with van der Waals surface area (Å²) < 4.78 is 1.08. The normalized spacial score (nSPS) is 14.7. The first-order valence-corrected chi connectivity index (χ1v) is 10.3. The van der Waals surface area contributed by atoms with Crippen LogP contribution in [0.5, 0.6) is 0 Å². The van der Waals surface area contributed by atoms with Crippen LogP contribution in [0.15, 0.2) is 39.9 Å². The Hall–Kier alpha value is -3.46. The summed E-state index contributed by atoms with van der Waals surface area (Å²) in [6, 6.07) is 9.33. The number of piperazine rings is 1. The van der Waals surface area contributed by atoms with E-state index in [2.05, 4.69) is 25.1 Å². The van der Waals surface area contributed by atoms with E-state index < -0.39 is 5.69 Å². The van der Waals surface area contributed by atoms with Crippen LogP contribution in [0.2, 0.25) is 0 Å². The number of aromatic nitrogens is 3. The number of nitrogens with zero attached hydrogens (tertiary/aromatic N) is 4. The lowest BCUT2D eigenvalue weighted by molar-refractivity contribution is 0.0958. The molecule has 0 spiro atoms. The number of anilines is 1. The van der Waals surface area contributed by atoms with Gasteiger partial charge in [-0.05, 0) is 36.8 Å². The van der Waals surface area contributed by atoms with E-state index >= 15 is 0 Å². The van der Waals surface area contributed by atoms with Gasteiger partial charge in [0.15, 0.2) is 0 Å². The lowest BCUT2D eigenvalue weighted by Crippen LogP contribution is -2.46. The van der Waals surface area contributed by atoms with E-state index in [4.69, 9.17) is 0 Å². The SMILES string of the molecule is CNC(=O)c1ccc(N2CCN(Cc3ccc4c(=O)n(C)c(=O)[nH]c4c3)CC2)c(C)n1. The number of rotatable bonds is 4. The number of H-pyrrole nitrogens is 1. The number of benzene rings is 1. The highest BCUT2D eigenvalue weighted by Gasteiger charge is 2.20. The summed E-state index contributed by atoms with van der Waals surface area (Å²) in [7, 11) is 3.07. The van der Waals surface area contributed by atoms with Gasteiger partial charge in [0.1, 0.15) is 5.69 Å². The molecule has 1 aliphatic heterocycles. The maximum Gasteiger partial charge on any atom is 0.328 e. The summed E-state index contributed by atoms with van der Waals surface area (Å²) in [5.41, 5.74) is 3.24. The molecule has 0 atom stereocenters. The van der Waals surface area contributed by atoms with Gasteiger partial charge in [-0.25, -0.2) is 9.78 Å². The van der Waals surface area contributed by atoms with Crippen LogP contribution in [0.1, 0.15) is 21.7 Å². The van der Waals surface area contributed by atoms with Crippen LogP contribution in [0.25, 0.3) is 10.9 Å². The van der Waals surface area contributed by atoms with Crippen LogP contribution in [-0.2, 0) is 13.6 Å². The molecule has 0 unspecified atom stereocenters. The molecular formula is C22H26N6O3. The molecule has 0 bridgehead atoms. The number of aromatic amines is 1. The minimum absolute atomic E-state index is 0.186. The zero-order valence-corrected chi connectivity index (χ0v) is 17.9. The first-order chi connectivity index (χ1) is 14.9. The van der Waals surface area contributed by atoms with Gasteiger partial charge in [-0.3, -0.25) is 19.1 Å². The van der Waals surface area contributed by atoms with Crippen LogP contribution >= 0.6 is 0 Å². The molecule has 9 heteroatoms. The molecule has 162 valence electrons. The summed E-state index contributed by atoms with van der Waals surface area (Å²) >= 11 is 0. The monoisotopic (exact) mass is 422 g/mol. The van der Waals surface area contributed by atoms with Crippen molar-refractivity contribution in [1.29, 1.82) is 0 Å². The van der Waals surface area contributed by atoms with Crippen LogP contribution in [0.4, 0.5) is 5.69 Å². The molecule has 1 amide bonds. The summed E-state index contributed by atoms with van der Waals surface area (Å²) in [6.07, 6.45) is 0. The summed E-state index contributed by atoms with van der Waals surface area (Å²) in [6.45, 7) is 6.13. The molecule has 9 nitrogen and oxygen atoms in total. The van der Waals surface area contributed by atoms with Gasteiger partial charge in [0.05, 0.1) is 22.3 Å². The van der Waals surface area contributed by atoms with E-state index in [-0.39, 0.29) is 11.5 Å². The van der Waals surface area contributed by atoms with Crippen molar-refractivity contribution in [3.8, 4) is 0 Å². The van der Waals surface area contributed by atoms with Gasteiger partial charge in [-0.2, -0.15) is 0 Å². The average Bonchev–Trinajstić information content (AvgIpc) is 2.77. The quantitative estimate of drug-likeness (QED) is 0.639. The van der Waals surface area contributed by atoms with Crippen molar-refractivity contribution >= 4 is 22.5 Å². The molecular weight excluding hydrogens is 396 g/mol. The Bertz CT molecular complexity index is 1250. The molecule has 3 heterocycles. The van der Waals surface area contributed by atoms with Crippen LogP contribution in [0.3, 0.4) is 0 Å². The highest BCUT2D eigenvalue weighted by Crippen LogP contribution is 2.21. The molecule has 1 aromatic carbocycles. The highest BCUT2D eigenvalue weighted by atomic mass is 16.2. The van der Waals surface area contributed by atoms with Crippen molar-refractivity contribution in [1.82, 2.24) is 24.8 Å². The minimum atomic E-state index is -0.408. The first kappa shape index (κ1) is 20.8. The van der Waals surface area contributed by atoms with Crippen LogP contribution in [-0.4, -0.2) is 58.6 Å². The van der Waals surface area contributed by atoms with E-state index in [9.17, 15) is 14.4 Å². The minimum Gasteiger partial charge on any atom is -0.368 e. The molecule has 1 fully saturated rings. The molecule has 2 aromatic heterocycles. The maximum atomic E-state index is 12.2. The smallest absolute Gasteiger partial charge is 0.328 e. The van der Waals surface area contributed by atoms with Crippen molar-refractivity contribution in [2.75, 3.05) is 38.1 Å². The van der Waals surface area contributed by atoms with Crippen LogP contribution < -0.4 is 21.5 Å². The fourth-order valence-electron chi connectivity index (χ4n) is 4.00. The van der Waals surface area contributed by atoms with Gasteiger partial charge in [-0.15, -0.1) is 0 Å². The molecule has 0 radical (unpaired) electrons. The van der Waals surface area contributed by atoms with E-state index in [0.29, 0.717) is 16.6 Å². The number of fused-ring (bicyclic) bond motifs is 1. The first-order valence-electron chi connectivity index (χ1n) is 10.3. The van der Waals surface area contributed by atoms with Crippen molar-refractivity contribution in [3.05, 3.63) is 68.1 Å². The number of nitrogens with one attached hydrogen (secondary N) is 2. The lowest BCUT2D eigenvalue weighted by atomic mass is 10.1. The standard InChI is InChI=1S/C22H26N6O3/c1-14-19(7-6-17(24-14)20(29)23-2)28-10-8-27(9-11-28)13-15-4-5-16-18(12-15)25-22(31)26(3)21(16)30/h4-7,12H,8-11,13H2,1-3H3,(H,23,29)(H,25,31). The predicted octanol–water partition coefficient (Wildman–Crippen LogP) is 0.612. The van der Waals surface area contributed by atoms with Crippen molar-refractivity contribution in [3.63, 3.8) is 0 Å². The molecule has 31 heavy (non-hydrogen) atoms. The molecule has 3 aromatic rings. The number of amides is 1. The number of aryl methyl sites for hydroxylation is 1. The Morgan fingerprint density at radius 3 is 2.55 bits per heavy atom. The number of hydrogen-bond donors (Lipinski definition) is 2. The zero-order chi connectivity index (χ0) is 22.1. The average molecular weight is 422 g/mol. The fourth-order valence-corrected chi connectivity index (χ4v) is 4.00. The second-order valence-corrected chi connectivity index (χ2v) is 7.82. The number of carbonyl (C=O) groups is 1. The van der Waals surface area contributed by atoms with Gasteiger partial charge in [-0.1, -0.05) is 6.07 Å². The molecule has 0 saturated carbocycles. The summed E-state index contributed by atoms with van der Waals surface area (Å²) in [5.74, 6) is -0.186. The third kappa shape index (κ3) is 4.09. The Morgan fingerprint density at radius 2 is 1.87 bits per heavy atom. The largest absolute Gasteiger partial charge is 0.368 e. The summed E-state index contributed by atoms with van der Waals surface area (Å²) in [4.78, 5) is 47.7. The predicted molar refractivity (Wildman–Crippen MR) is 120 cm³/mol. The number of carbonyl (C=O) groups excluding carboxylic acids is 1. The summed E-state index contributed by atoms with van der Waals surface area (Å²) in [5, 5.41) is 3.11. The third-order valence-electron chi connectivity index (χ3n) is 5.80. The van der Waals surface area contributed by atoms with E-state index in [0.717, 1.165) is 54.2 Å². The fraction of sp³-hybridized carbons (Fsp3) is 0.364. The van der Waals surface area contributed by atoms with Gasteiger partial charge in [0, 0.05) is 46.8 Å². The zero-order valence-electron chi connectivity index (χ0n) is 17.9. The van der Waals surface area contributed by atoms with E-state index in [1.165, 1.54) is 7.05 Å². The van der Waals surface area contributed by atoms with E-state index in [1.54, 1.807) is 19.2 Å². The van der Waals surface area contributed by atoms with Crippen molar-refractivity contribution < 1.29 is 4.79 Å². The molecule has 1 saturated heterocycles. The van der Waals surface area contributed by atoms with Gasteiger partial charge in [0.2, 0.25) is 0 Å². The second kappa shape index (κ2) is 8.35. The Kier molecular flexibility index (Phi) is 5.60. The Balaban J connectivity index is 1.44. The highest BCUT2D eigenvalue weighted by molar-refractivity contribution is 5.92. The lowest BCUT2D eigenvalue weighted by Gasteiger charge is -2.36. The third-order valence-corrected chi connectivity index (χ3v) is 5.80. The second-order valence-electron chi connectivity index (χ2n) is 7.82. The molecule has 2 N–H and O–H groups in total. The Morgan fingerprint density at radius 1 is 1.13 bits per heavy atom. The topological polar surface area (TPSA) is 103 Å². The van der Waals surface area contributed by atoms with Gasteiger partial charge in [0.25, 0.3) is 11.5 Å². The maximum absolute atomic E-state index is 12.2. The van der Waals surface area contributed by atoms with Crippen LogP contribution in [0, 0.1) is 6.92 Å².